The van der Waals surface area contributed by atoms with Gasteiger partial charge in [-0.25, -0.2) is 9.78 Å². The molecular weight excluding hydrogens is 288 g/mol. The fraction of sp³-hybridized carbons (Fsp3) is 0.600. The van der Waals surface area contributed by atoms with Crippen LogP contribution in [0.4, 0.5) is 4.79 Å². The maximum absolute atomic E-state index is 11.5. The molecule has 22 heavy (non-hydrogen) atoms. The van der Waals surface area contributed by atoms with Crippen molar-refractivity contribution in [3.8, 4) is 5.88 Å². The van der Waals surface area contributed by atoms with Crippen molar-refractivity contribution in [2.24, 2.45) is 0 Å². The summed E-state index contributed by atoms with van der Waals surface area (Å²) in [6.07, 6.45) is -0.993. The summed E-state index contributed by atoms with van der Waals surface area (Å²) in [6.45, 7) is 5.49. The van der Waals surface area contributed by atoms with E-state index >= 15 is 0 Å². The number of hydrogen-bond acceptors (Lipinski definition) is 6. The van der Waals surface area contributed by atoms with Crippen LogP contribution in [0.5, 0.6) is 5.88 Å². The Kier molecular flexibility index (Phi) is 6.58. The van der Waals surface area contributed by atoms with Crippen molar-refractivity contribution in [3.63, 3.8) is 0 Å². The molecule has 0 bridgehead atoms. The topological polar surface area (TPSA) is 101 Å². The van der Waals surface area contributed by atoms with Crippen molar-refractivity contribution in [1.29, 1.82) is 0 Å². The van der Waals surface area contributed by atoms with Crippen LogP contribution in [-0.2, 0) is 4.74 Å². The minimum atomic E-state index is -1.09. The molecule has 0 radical (unpaired) electrons. The van der Waals surface area contributed by atoms with Crippen LogP contribution in [0, 0.1) is 0 Å². The lowest BCUT2D eigenvalue weighted by molar-refractivity contribution is 0.0121. The van der Waals surface area contributed by atoms with Gasteiger partial charge >= 0.3 is 6.09 Å². The summed E-state index contributed by atoms with van der Waals surface area (Å²) in [5, 5.41) is 22.6. The molecule has 1 heterocycles. The number of nitrogens with zero attached hydrogens (tertiary/aromatic N) is 1. The van der Waals surface area contributed by atoms with Gasteiger partial charge in [-0.05, 0) is 38.8 Å². The molecule has 0 aliphatic heterocycles. The number of methoxy groups -OCH3 is 1. The minimum absolute atomic E-state index is 0.186. The Labute approximate surface area is 130 Å². The molecule has 2 unspecified atom stereocenters. The lowest BCUT2D eigenvalue weighted by atomic mass is 10.0. The third-order valence-electron chi connectivity index (χ3n) is 2.78. The highest BCUT2D eigenvalue weighted by molar-refractivity contribution is 5.67. The lowest BCUT2D eigenvalue weighted by Crippen LogP contribution is -2.34. The highest BCUT2D eigenvalue weighted by atomic mass is 16.6. The quantitative estimate of drug-likeness (QED) is 0.734. The van der Waals surface area contributed by atoms with Gasteiger partial charge in [-0.15, -0.1) is 0 Å². The van der Waals surface area contributed by atoms with E-state index < -0.39 is 23.9 Å². The van der Waals surface area contributed by atoms with Crippen LogP contribution in [0.2, 0.25) is 0 Å². The molecule has 0 saturated carbocycles. The van der Waals surface area contributed by atoms with E-state index in [0.717, 1.165) is 0 Å². The second-order valence-electron chi connectivity index (χ2n) is 5.86. The van der Waals surface area contributed by atoms with Crippen LogP contribution in [-0.4, -0.2) is 46.6 Å². The first kappa shape index (κ1) is 18.2. The van der Waals surface area contributed by atoms with E-state index in [1.54, 1.807) is 32.9 Å². The van der Waals surface area contributed by atoms with Crippen molar-refractivity contribution < 1.29 is 24.5 Å². The number of carbonyl (C=O) groups is 1. The molecular formula is C15H24N2O5. The summed E-state index contributed by atoms with van der Waals surface area (Å²) in [5.41, 5.74) is -0.0767. The zero-order valence-electron chi connectivity index (χ0n) is 13.4. The molecule has 2 atom stereocenters. The Morgan fingerprint density at radius 1 is 1.41 bits per heavy atom. The summed E-state index contributed by atoms with van der Waals surface area (Å²) >= 11 is 0. The molecule has 1 amide bonds. The second-order valence-corrected chi connectivity index (χ2v) is 5.86. The second kappa shape index (κ2) is 7.95. The summed E-state index contributed by atoms with van der Waals surface area (Å²) in [6, 6.07) is 3.15. The van der Waals surface area contributed by atoms with Crippen LogP contribution >= 0.6 is 0 Å². The standard InChI is InChI=1S/C15H24N2O5/c1-15(2,3)22-14(20)17-8-6-11(18)13(19)10-5-7-16-12(9-10)21-4/h5,7,9,11,13,18-19H,6,8H2,1-4H3,(H,17,20). The average molecular weight is 312 g/mol. The molecule has 1 rings (SSSR count). The van der Waals surface area contributed by atoms with Gasteiger partial charge < -0.3 is 25.0 Å². The van der Waals surface area contributed by atoms with E-state index in [9.17, 15) is 15.0 Å². The first-order valence-electron chi connectivity index (χ1n) is 7.06. The number of alkyl carbamates (subject to hydrolysis) is 1. The molecule has 124 valence electrons. The van der Waals surface area contributed by atoms with E-state index in [4.69, 9.17) is 9.47 Å². The average Bonchev–Trinajstić information content (AvgIpc) is 2.44. The number of aliphatic hydroxyl groups is 2. The Balaban J connectivity index is 2.44. The normalized spacial score (nSPS) is 14.1. The number of hydrogen-bond donors (Lipinski definition) is 3. The molecule has 0 aliphatic carbocycles. The van der Waals surface area contributed by atoms with Crippen molar-refractivity contribution in [2.45, 2.75) is 45.0 Å². The molecule has 1 aromatic heterocycles. The number of amides is 1. The number of nitrogens with one attached hydrogen (secondary N) is 1. The summed E-state index contributed by atoms with van der Waals surface area (Å²) in [5.74, 6) is 0.357. The molecule has 0 saturated heterocycles. The highest BCUT2D eigenvalue weighted by Gasteiger charge is 2.20. The maximum Gasteiger partial charge on any atom is 0.407 e. The Bertz CT molecular complexity index is 487. The van der Waals surface area contributed by atoms with Gasteiger partial charge in [-0.1, -0.05) is 0 Å². The lowest BCUT2D eigenvalue weighted by Gasteiger charge is -2.21. The Morgan fingerprint density at radius 3 is 2.68 bits per heavy atom. The third kappa shape index (κ3) is 6.28. The number of aromatic nitrogens is 1. The van der Waals surface area contributed by atoms with Gasteiger partial charge in [0.25, 0.3) is 0 Å². The monoisotopic (exact) mass is 312 g/mol. The van der Waals surface area contributed by atoms with E-state index in [0.29, 0.717) is 11.4 Å². The van der Waals surface area contributed by atoms with Crippen LogP contribution < -0.4 is 10.1 Å². The van der Waals surface area contributed by atoms with Gasteiger partial charge in [0.05, 0.1) is 13.2 Å². The number of pyridine rings is 1. The van der Waals surface area contributed by atoms with Crippen molar-refractivity contribution in [3.05, 3.63) is 23.9 Å². The molecule has 7 nitrogen and oxygen atoms in total. The summed E-state index contributed by atoms with van der Waals surface area (Å²) in [4.78, 5) is 15.4. The largest absolute Gasteiger partial charge is 0.481 e. The van der Waals surface area contributed by atoms with Gasteiger partial charge in [-0.3, -0.25) is 0 Å². The van der Waals surface area contributed by atoms with Gasteiger partial charge in [0, 0.05) is 18.8 Å². The predicted octanol–water partition coefficient (Wildman–Crippen LogP) is 1.40. The van der Waals surface area contributed by atoms with Crippen molar-refractivity contribution in [2.75, 3.05) is 13.7 Å². The van der Waals surface area contributed by atoms with Gasteiger partial charge in [0.2, 0.25) is 5.88 Å². The molecule has 1 aromatic rings. The van der Waals surface area contributed by atoms with E-state index in [-0.39, 0.29) is 13.0 Å². The minimum Gasteiger partial charge on any atom is -0.481 e. The molecule has 0 spiro atoms. The van der Waals surface area contributed by atoms with E-state index in [2.05, 4.69) is 10.3 Å². The maximum atomic E-state index is 11.5. The van der Waals surface area contributed by atoms with Crippen molar-refractivity contribution in [1.82, 2.24) is 10.3 Å². The molecule has 0 fully saturated rings. The predicted molar refractivity (Wildman–Crippen MR) is 80.6 cm³/mol. The smallest absolute Gasteiger partial charge is 0.407 e. The number of ether oxygens (including phenoxy) is 2. The molecule has 0 aliphatic rings. The Morgan fingerprint density at radius 2 is 2.09 bits per heavy atom. The van der Waals surface area contributed by atoms with Crippen LogP contribution in [0.1, 0.15) is 38.9 Å². The highest BCUT2D eigenvalue weighted by Crippen LogP contribution is 2.21. The van der Waals surface area contributed by atoms with Gasteiger partial charge in [0.1, 0.15) is 11.7 Å². The van der Waals surface area contributed by atoms with Crippen LogP contribution in [0.15, 0.2) is 18.3 Å². The molecule has 3 N–H and O–H groups in total. The van der Waals surface area contributed by atoms with E-state index in [1.807, 2.05) is 0 Å². The number of carbonyl (C=O) groups excluding carboxylic acids is 1. The van der Waals surface area contributed by atoms with Crippen molar-refractivity contribution >= 4 is 6.09 Å². The van der Waals surface area contributed by atoms with E-state index in [1.165, 1.54) is 13.3 Å². The first-order valence-corrected chi connectivity index (χ1v) is 7.06. The van der Waals surface area contributed by atoms with Crippen LogP contribution in [0.25, 0.3) is 0 Å². The number of rotatable bonds is 6. The molecule has 0 aromatic carbocycles. The Hall–Kier alpha value is -1.86. The zero-order valence-corrected chi connectivity index (χ0v) is 13.4. The zero-order chi connectivity index (χ0) is 16.8. The van der Waals surface area contributed by atoms with Gasteiger partial charge in [0.15, 0.2) is 0 Å². The molecule has 7 heteroatoms. The summed E-state index contributed by atoms with van der Waals surface area (Å²) < 4.78 is 10.0. The van der Waals surface area contributed by atoms with Gasteiger partial charge in [-0.2, -0.15) is 0 Å². The fourth-order valence-corrected chi connectivity index (χ4v) is 1.74. The first-order chi connectivity index (χ1) is 10.2. The van der Waals surface area contributed by atoms with Crippen LogP contribution in [0.3, 0.4) is 0 Å². The summed E-state index contributed by atoms with van der Waals surface area (Å²) in [7, 11) is 1.47. The SMILES string of the molecule is COc1cc(C(O)C(O)CCNC(=O)OC(C)(C)C)ccn1. The number of aliphatic hydroxyl groups excluding tert-OH is 2. The fourth-order valence-electron chi connectivity index (χ4n) is 1.74. The third-order valence-corrected chi connectivity index (χ3v) is 2.78.